The Kier molecular flexibility index (Phi) is 5.93. The number of carbonyl (C=O) groups excluding carboxylic acids is 1. The molecule has 0 aliphatic carbocycles. The number of nitrogens with zero attached hydrogens (tertiary/aromatic N) is 2. The molecule has 6 nitrogen and oxygen atoms in total. The Bertz CT molecular complexity index is 600. The van der Waals surface area contributed by atoms with Crippen LogP contribution in [0, 0.1) is 13.8 Å². The molecule has 2 aliphatic heterocycles. The summed E-state index contributed by atoms with van der Waals surface area (Å²) in [5, 5.41) is 3.10. The molecule has 1 N–H and O–H groups in total. The number of piperazine rings is 1. The SMILES string of the molecule is Cc1cccc(OCC(=O)N[C@H]2COC[C@@H]2N2CCN(C)CC2)c1C. The van der Waals surface area contributed by atoms with Crippen LogP contribution in [0.15, 0.2) is 18.2 Å². The van der Waals surface area contributed by atoms with Crippen LogP contribution < -0.4 is 10.1 Å². The van der Waals surface area contributed by atoms with Gasteiger partial charge in [-0.3, -0.25) is 9.69 Å². The van der Waals surface area contributed by atoms with E-state index in [-0.39, 0.29) is 24.6 Å². The van der Waals surface area contributed by atoms with Gasteiger partial charge in [0.25, 0.3) is 5.91 Å². The first-order chi connectivity index (χ1) is 12.0. The zero-order valence-corrected chi connectivity index (χ0v) is 15.5. The van der Waals surface area contributed by atoms with Gasteiger partial charge in [-0.25, -0.2) is 0 Å². The molecular weight excluding hydrogens is 318 g/mol. The molecule has 0 bridgehead atoms. The van der Waals surface area contributed by atoms with Gasteiger partial charge in [0.15, 0.2) is 6.61 Å². The van der Waals surface area contributed by atoms with E-state index in [9.17, 15) is 4.79 Å². The summed E-state index contributed by atoms with van der Waals surface area (Å²) < 4.78 is 11.3. The van der Waals surface area contributed by atoms with E-state index in [0.717, 1.165) is 43.1 Å². The van der Waals surface area contributed by atoms with Crippen LogP contribution in [0.25, 0.3) is 0 Å². The number of carbonyl (C=O) groups is 1. The smallest absolute Gasteiger partial charge is 0.258 e. The van der Waals surface area contributed by atoms with Crippen molar-refractivity contribution < 1.29 is 14.3 Å². The lowest BCUT2D eigenvalue weighted by Crippen LogP contribution is -2.56. The van der Waals surface area contributed by atoms with Crippen molar-refractivity contribution in [3.05, 3.63) is 29.3 Å². The molecule has 0 saturated carbocycles. The molecule has 0 aromatic heterocycles. The number of rotatable bonds is 5. The van der Waals surface area contributed by atoms with Gasteiger partial charge < -0.3 is 19.7 Å². The molecule has 0 radical (unpaired) electrons. The highest BCUT2D eigenvalue weighted by Crippen LogP contribution is 2.20. The molecule has 2 heterocycles. The lowest BCUT2D eigenvalue weighted by Gasteiger charge is -2.38. The van der Waals surface area contributed by atoms with Crippen LogP contribution in [-0.4, -0.2) is 80.8 Å². The molecule has 138 valence electrons. The molecule has 25 heavy (non-hydrogen) atoms. The van der Waals surface area contributed by atoms with Crippen molar-refractivity contribution in [3.8, 4) is 5.75 Å². The second kappa shape index (κ2) is 8.17. The fourth-order valence-electron chi connectivity index (χ4n) is 3.47. The first-order valence-electron chi connectivity index (χ1n) is 9.03. The van der Waals surface area contributed by atoms with Crippen molar-refractivity contribution in [2.75, 3.05) is 53.0 Å². The highest BCUT2D eigenvalue weighted by Gasteiger charge is 2.35. The summed E-state index contributed by atoms with van der Waals surface area (Å²) in [6.45, 7) is 9.52. The van der Waals surface area contributed by atoms with Crippen molar-refractivity contribution in [3.63, 3.8) is 0 Å². The van der Waals surface area contributed by atoms with Gasteiger partial charge in [-0.1, -0.05) is 12.1 Å². The number of amides is 1. The summed E-state index contributed by atoms with van der Waals surface area (Å²) in [7, 11) is 2.15. The normalized spacial score (nSPS) is 25.1. The summed E-state index contributed by atoms with van der Waals surface area (Å²) in [5.74, 6) is 0.684. The van der Waals surface area contributed by atoms with Gasteiger partial charge in [-0.15, -0.1) is 0 Å². The maximum atomic E-state index is 12.3. The second-order valence-corrected chi connectivity index (χ2v) is 7.10. The van der Waals surface area contributed by atoms with Crippen LogP contribution in [0.2, 0.25) is 0 Å². The molecule has 3 rings (SSSR count). The van der Waals surface area contributed by atoms with Crippen LogP contribution in [0.1, 0.15) is 11.1 Å². The molecule has 2 atom stereocenters. The van der Waals surface area contributed by atoms with Crippen LogP contribution >= 0.6 is 0 Å². The molecule has 1 amide bonds. The Morgan fingerprint density at radius 3 is 2.76 bits per heavy atom. The zero-order chi connectivity index (χ0) is 17.8. The third-order valence-electron chi connectivity index (χ3n) is 5.32. The van der Waals surface area contributed by atoms with E-state index in [1.54, 1.807) is 0 Å². The molecule has 2 saturated heterocycles. The number of likely N-dealkylation sites (N-methyl/N-ethyl adjacent to an activating group) is 1. The Labute approximate surface area is 150 Å². The second-order valence-electron chi connectivity index (χ2n) is 7.10. The standard InChI is InChI=1S/C19H29N3O3/c1-14-5-4-6-18(15(14)2)25-13-19(23)20-16-11-24-12-17(16)22-9-7-21(3)8-10-22/h4-6,16-17H,7-13H2,1-3H3,(H,20,23)/t16-,17-/m0/s1. The van der Waals surface area contributed by atoms with Crippen molar-refractivity contribution in [2.24, 2.45) is 0 Å². The van der Waals surface area contributed by atoms with Gasteiger partial charge in [-0.05, 0) is 38.1 Å². The Hall–Kier alpha value is -1.63. The highest BCUT2D eigenvalue weighted by atomic mass is 16.5. The summed E-state index contributed by atoms with van der Waals surface area (Å²) in [6.07, 6.45) is 0. The average Bonchev–Trinajstić information content (AvgIpc) is 3.05. The zero-order valence-electron chi connectivity index (χ0n) is 15.5. The van der Waals surface area contributed by atoms with Crippen molar-refractivity contribution in [1.82, 2.24) is 15.1 Å². The fourth-order valence-corrected chi connectivity index (χ4v) is 3.47. The monoisotopic (exact) mass is 347 g/mol. The molecule has 1 aromatic rings. The van der Waals surface area contributed by atoms with Crippen LogP contribution in [0.3, 0.4) is 0 Å². The van der Waals surface area contributed by atoms with Gasteiger partial charge in [0.05, 0.1) is 25.3 Å². The molecule has 6 heteroatoms. The molecule has 1 aromatic carbocycles. The summed E-state index contributed by atoms with van der Waals surface area (Å²) in [6, 6.07) is 6.20. The van der Waals surface area contributed by atoms with E-state index in [2.05, 4.69) is 22.2 Å². The summed E-state index contributed by atoms with van der Waals surface area (Å²) >= 11 is 0. The predicted octanol–water partition coefficient (Wildman–Crippen LogP) is 0.813. The van der Waals surface area contributed by atoms with E-state index in [0.29, 0.717) is 13.2 Å². The third kappa shape index (κ3) is 4.51. The minimum absolute atomic E-state index is 0.0379. The van der Waals surface area contributed by atoms with Crippen molar-refractivity contribution in [1.29, 1.82) is 0 Å². The van der Waals surface area contributed by atoms with Gasteiger partial charge in [0.2, 0.25) is 0 Å². The van der Waals surface area contributed by atoms with Crippen LogP contribution in [0.5, 0.6) is 5.75 Å². The maximum Gasteiger partial charge on any atom is 0.258 e. The summed E-state index contributed by atoms with van der Waals surface area (Å²) in [5.41, 5.74) is 2.24. The first-order valence-corrected chi connectivity index (χ1v) is 9.03. The molecule has 0 unspecified atom stereocenters. The topological polar surface area (TPSA) is 54.0 Å². The number of hydrogen-bond acceptors (Lipinski definition) is 5. The lowest BCUT2D eigenvalue weighted by atomic mass is 10.1. The first kappa shape index (κ1) is 18.2. The number of aryl methyl sites for hydroxylation is 1. The average molecular weight is 347 g/mol. The number of nitrogens with one attached hydrogen (secondary N) is 1. The van der Waals surface area contributed by atoms with E-state index in [1.165, 1.54) is 0 Å². The van der Waals surface area contributed by atoms with Crippen LogP contribution in [-0.2, 0) is 9.53 Å². The Morgan fingerprint density at radius 1 is 1.24 bits per heavy atom. The fraction of sp³-hybridized carbons (Fsp3) is 0.632. The predicted molar refractivity (Wildman–Crippen MR) is 97.0 cm³/mol. The number of ether oxygens (including phenoxy) is 2. The van der Waals surface area contributed by atoms with E-state index in [4.69, 9.17) is 9.47 Å². The van der Waals surface area contributed by atoms with Crippen molar-refractivity contribution in [2.45, 2.75) is 25.9 Å². The van der Waals surface area contributed by atoms with Gasteiger partial charge >= 0.3 is 0 Å². The quantitative estimate of drug-likeness (QED) is 0.854. The molecule has 0 spiro atoms. The van der Waals surface area contributed by atoms with Gasteiger partial charge in [0.1, 0.15) is 5.75 Å². The Morgan fingerprint density at radius 2 is 2.00 bits per heavy atom. The maximum absolute atomic E-state index is 12.3. The van der Waals surface area contributed by atoms with E-state index >= 15 is 0 Å². The van der Waals surface area contributed by atoms with Gasteiger partial charge in [0, 0.05) is 26.2 Å². The molecule has 2 fully saturated rings. The Balaban J connectivity index is 1.50. The molecule has 2 aliphatic rings. The summed E-state index contributed by atoms with van der Waals surface area (Å²) in [4.78, 5) is 17.1. The highest BCUT2D eigenvalue weighted by molar-refractivity contribution is 5.78. The van der Waals surface area contributed by atoms with Gasteiger partial charge in [-0.2, -0.15) is 0 Å². The minimum Gasteiger partial charge on any atom is -0.483 e. The number of benzene rings is 1. The molecular formula is C19H29N3O3. The largest absolute Gasteiger partial charge is 0.483 e. The minimum atomic E-state index is -0.0875. The van der Waals surface area contributed by atoms with E-state index < -0.39 is 0 Å². The third-order valence-corrected chi connectivity index (χ3v) is 5.32. The van der Waals surface area contributed by atoms with Crippen LogP contribution in [0.4, 0.5) is 0 Å². The van der Waals surface area contributed by atoms with E-state index in [1.807, 2.05) is 32.0 Å². The van der Waals surface area contributed by atoms with Crippen molar-refractivity contribution >= 4 is 5.91 Å². The number of hydrogen-bond donors (Lipinski definition) is 1. The lowest BCUT2D eigenvalue weighted by molar-refractivity contribution is -0.124.